The van der Waals surface area contributed by atoms with Crippen LogP contribution in [0.25, 0.3) is 5.69 Å². The Balaban J connectivity index is 1.47. The molecule has 1 aromatic heterocycles. The molecule has 0 radical (unpaired) electrons. The third-order valence-corrected chi connectivity index (χ3v) is 5.38. The number of aliphatic hydroxyl groups excluding tert-OH is 1. The molecule has 0 saturated heterocycles. The van der Waals surface area contributed by atoms with Crippen molar-refractivity contribution in [3.05, 3.63) is 70.5 Å². The number of hydrogen-bond acceptors (Lipinski definition) is 7. The Morgan fingerprint density at radius 3 is 2.64 bits per heavy atom. The van der Waals surface area contributed by atoms with Gasteiger partial charge in [-0.25, -0.2) is 18.5 Å². The number of tetrazole rings is 1. The maximum absolute atomic E-state index is 13.5. The van der Waals surface area contributed by atoms with Gasteiger partial charge in [-0.05, 0) is 58.3 Å². The van der Waals surface area contributed by atoms with Gasteiger partial charge in [-0.2, -0.15) is 5.10 Å². The molecule has 1 aliphatic heterocycles. The van der Waals surface area contributed by atoms with E-state index < -0.39 is 29.7 Å². The first-order valence-electron chi connectivity index (χ1n) is 9.87. The number of amides is 1. The smallest absolute Gasteiger partial charge is 0.276 e. The molecule has 2 heterocycles. The van der Waals surface area contributed by atoms with Gasteiger partial charge in [0.1, 0.15) is 24.0 Å². The molecule has 0 bridgehead atoms. The predicted molar refractivity (Wildman–Crippen MR) is 113 cm³/mol. The molecule has 1 aliphatic rings. The molecule has 2 aromatic carbocycles. The van der Waals surface area contributed by atoms with Gasteiger partial charge in [0.2, 0.25) is 0 Å². The summed E-state index contributed by atoms with van der Waals surface area (Å²) in [4.78, 5) is 25.7. The number of aliphatic hydroxyl groups is 1. The summed E-state index contributed by atoms with van der Waals surface area (Å²) in [6.07, 6.45) is 1.40. The number of halogens is 3. The summed E-state index contributed by atoms with van der Waals surface area (Å²) in [5, 5.41) is 26.6. The lowest BCUT2D eigenvalue weighted by atomic mass is 10.00. The summed E-state index contributed by atoms with van der Waals surface area (Å²) in [7, 11) is 0. The predicted octanol–water partition coefficient (Wildman–Crippen LogP) is 2.42. The zero-order valence-electron chi connectivity index (χ0n) is 17.0. The number of aromatic nitrogens is 4. The van der Waals surface area contributed by atoms with E-state index in [1.54, 1.807) is 18.2 Å². The number of rotatable bonds is 7. The first-order chi connectivity index (χ1) is 15.8. The lowest BCUT2D eigenvalue weighted by Crippen LogP contribution is -2.41. The van der Waals surface area contributed by atoms with E-state index in [2.05, 4.69) is 20.6 Å². The average molecular weight is 475 g/mol. The molecule has 170 valence electrons. The van der Waals surface area contributed by atoms with Crippen molar-refractivity contribution in [3.63, 3.8) is 0 Å². The second-order valence-electron chi connectivity index (χ2n) is 7.33. The topological polar surface area (TPSA) is 114 Å². The highest BCUT2D eigenvalue weighted by atomic mass is 35.5. The van der Waals surface area contributed by atoms with Crippen LogP contribution in [0.5, 0.6) is 0 Å². The quantitative estimate of drug-likeness (QED) is 0.562. The summed E-state index contributed by atoms with van der Waals surface area (Å²) in [6, 6.07) is 6.47. The highest BCUT2D eigenvalue weighted by Gasteiger charge is 2.36. The van der Waals surface area contributed by atoms with Crippen molar-refractivity contribution >= 4 is 29.5 Å². The van der Waals surface area contributed by atoms with E-state index in [0.717, 1.165) is 22.7 Å². The van der Waals surface area contributed by atoms with Crippen LogP contribution < -0.4 is 0 Å². The van der Waals surface area contributed by atoms with Gasteiger partial charge in [0, 0.05) is 30.1 Å². The molecule has 1 N–H and O–H groups in total. The van der Waals surface area contributed by atoms with Crippen LogP contribution in [0.4, 0.5) is 8.78 Å². The van der Waals surface area contributed by atoms with Gasteiger partial charge < -0.3 is 5.11 Å². The van der Waals surface area contributed by atoms with Gasteiger partial charge in [-0.1, -0.05) is 11.6 Å². The summed E-state index contributed by atoms with van der Waals surface area (Å²) < 4.78 is 28.4. The van der Waals surface area contributed by atoms with E-state index in [9.17, 15) is 23.5 Å². The second-order valence-corrected chi connectivity index (χ2v) is 7.77. The zero-order chi connectivity index (χ0) is 23.5. The minimum absolute atomic E-state index is 0.0396. The summed E-state index contributed by atoms with van der Waals surface area (Å²) in [6.45, 7) is 0. The van der Waals surface area contributed by atoms with E-state index in [1.807, 2.05) is 0 Å². The fraction of sp³-hybridized carbons (Fsp3) is 0.238. The Morgan fingerprint density at radius 2 is 1.94 bits per heavy atom. The van der Waals surface area contributed by atoms with Crippen molar-refractivity contribution in [2.24, 2.45) is 5.10 Å². The van der Waals surface area contributed by atoms with Crippen LogP contribution in [-0.2, 0) is 16.0 Å². The maximum atomic E-state index is 13.5. The summed E-state index contributed by atoms with van der Waals surface area (Å²) in [5.41, 5.74) is 1.10. The Labute approximate surface area is 191 Å². The van der Waals surface area contributed by atoms with Crippen LogP contribution in [0.2, 0.25) is 5.02 Å². The number of nitrogens with zero attached hydrogens (tertiary/aromatic N) is 6. The zero-order valence-corrected chi connectivity index (χ0v) is 17.7. The van der Waals surface area contributed by atoms with Crippen molar-refractivity contribution in [2.75, 3.05) is 0 Å². The van der Waals surface area contributed by atoms with E-state index in [1.165, 1.54) is 17.2 Å². The van der Waals surface area contributed by atoms with E-state index in [-0.39, 0.29) is 30.6 Å². The number of hydrogen-bond donors (Lipinski definition) is 1. The standard InChI is InChI=1S/C21H17ClF2N6O3/c22-14-2-3-17(29-11-25-27-28-29)12(7-14)1-4-19(31)18-5-6-26-30(18)21(33)20(32)13-8-15(23)10-16(24)9-13/h2-3,6-11,18,20,32H,1,4-5H2/t18-,20?/m0/s1. The van der Waals surface area contributed by atoms with Gasteiger partial charge in [-0.3, -0.25) is 9.59 Å². The highest BCUT2D eigenvalue weighted by molar-refractivity contribution is 6.30. The largest absolute Gasteiger partial charge is 0.378 e. The molecule has 33 heavy (non-hydrogen) atoms. The normalized spacial score (nSPS) is 16.2. The Morgan fingerprint density at radius 1 is 1.18 bits per heavy atom. The van der Waals surface area contributed by atoms with Crippen LogP contribution >= 0.6 is 11.6 Å². The first kappa shape index (κ1) is 22.6. The van der Waals surface area contributed by atoms with Crippen LogP contribution in [0, 0.1) is 11.6 Å². The number of aryl methyl sites for hydroxylation is 1. The number of hydrazone groups is 1. The second kappa shape index (κ2) is 9.51. The van der Waals surface area contributed by atoms with E-state index in [0.29, 0.717) is 16.8 Å². The highest BCUT2D eigenvalue weighted by Crippen LogP contribution is 2.25. The van der Waals surface area contributed by atoms with Crippen LogP contribution in [0.15, 0.2) is 47.8 Å². The van der Waals surface area contributed by atoms with Crippen molar-refractivity contribution < 1.29 is 23.5 Å². The summed E-state index contributed by atoms with van der Waals surface area (Å²) >= 11 is 6.10. The minimum atomic E-state index is -1.87. The van der Waals surface area contributed by atoms with Gasteiger partial charge in [0.25, 0.3) is 5.91 Å². The Hall–Kier alpha value is -3.57. The maximum Gasteiger partial charge on any atom is 0.276 e. The fourth-order valence-corrected chi connectivity index (χ4v) is 3.76. The lowest BCUT2D eigenvalue weighted by molar-refractivity contribution is -0.146. The van der Waals surface area contributed by atoms with Crippen molar-refractivity contribution in [3.8, 4) is 5.69 Å². The van der Waals surface area contributed by atoms with Crippen LogP contribution in [0.1, 0.15) is 30.1 Å². The fourth-order valence-electron chi connectivity index (χ4n) is 3.57. The van der Waals surface area contributed by atoms with Gasteiger partial charge >= 0.3 is 0 Å². The molecule has 9 nitrogen and oxygen atoms in total. The molecule has 2 atom stereocenters. The Kier molecular flexibility index (Phi) is 6.52. The lowest BCUT2D eigenvalue weighted by Gasteiger charge is -2.23. The molecule has 12 heteroatoms. The molecule has 1 unspecified atom stereocenters. The molecular formula is C21H17ClF2N6O3. The third kappa shape index (κ3) is 4.94. The number of benzene rings is 2. The van der Waals surface area contributed by atoms with E-state index >= 15 is 0 Å². The molecule has 4 rings (SSSR count). The monoisotopic (exact) mass is 474 g/mol. The van der Waals surface area contributed by atoms with Crippen molar-refractivity contribution in [1.82, 2.24) is 25.2 Å². The number of carbonyl (C=O) groups excluding carboxylic acids is 2. The van der Waals surface area contributed by atoms with Crippen LogP contribution in [-0.4, -0.2) is 54.3 Å². The van der Waals surface area contributed by atoms with Gasteiger partial charge in [0.15, 0.2) is 11.9 Å². The van der Waals surface area contributed by atoms with Gasteiger partial charge in [0.05, 0.1) is 5.69 Å². The first-order valence-corrected chi connectivity index (χ1v) is 10.3. The molecule has 0 fully saturated rings. The van der Waals surface area contributed by atoms with Gasteiger partial charge in [-0.15, -0.1) is 5.10 Å². The SMILES string of the molecule is O=C(CCc1cc(Cl)ccc1-n1cnnn1)[C@@H]1CC=NN1C(=O)C(O)c1cc(F)cc(F)c1. The molecular weight excluding hydrogens is 458 g/mol. The van der Waals surface area contributed by atoms with Crippen molar-refractivity contribution in [2.45, 2.75) is 31.4 Å². The molecule has 1 amide bonds. The molecule has 0 spiro atoms. The Bertz CT molecular complexity index is 1200. The summed E-state index contributed by atoms with van der Waals surface area (Å²) in [5.74, 6) is -3.13. The third-order valence-electron chi connectivity index (χ3n) is 5.14. The van der Waals surface area contributed by atoms with Crippen molar-refractivity contribution in [1.29, 1.82) is 0 Å². The van der Waals surface area contributed by atoms with E-state index in [4.69, 9.17) is 11.6 Å². The number of carbonyl (C=O) groups is 2. The molecule has 0 aliphatic carbocycles. The minimum Gasteiger partial charge on any atom is -0.378 e. The number of Topliss-reactive ketones (excluding diaryl/α,β-unsaturated/α-hetero) is 1. The number of ketones is 1. The molecule has 3 aromatic rings. The molecule has 0 saturated carbocycles. The average Bonchev–Trinajstić information content (AvgIpc) is 3.48. The van der Waals surface area contributed by atoms with Crippen LogP contribution in [0.3, 0.4) is 0 Å².